The average molecular weight is 351 g/mol. The number of carbonyl (C=O) groups excluding carboxylic acids is 4. The molecule has 2 aromatic rings. The van der Waals surface area contributed by atoms with E-state index in [1.54, 1.807) is 42.5 Å². The fourth-order valence-electron chi connectivity index (χ4n) is 2.69. The fraction of sp³-hybridized carbons (Fsp3) is 0.158. The summed E-state index contributed by atoms with van der Waals surface area (Å²) < 4.78 is 0. The largest absolute Gasteiger partial charge is 0.326 e. The summed E-state index contributed by atoms with van der Waals surface area (Å²) in [4.78, 5) is 48.2. The maximum Gasteiger partial charge on any atom is 0.255 e. The molecule has 132 valence electrons. The van der Waals surface area contributed by atoms with Crippen molar-refractivity contribution in [2.24, 2.45) is 0 Å². The van der Waals surface area contributed by atoms with Gasteiger partial charge in [-0.25, -0.2) is 0 Å². The Morgan fingerprint density at radius 1 is 0.885 bits per heavy atom. The number of anilines is 3. The molecule has 0 spiro atoms. The van der Waals surface area contributed by atoms with Crippen LogP contribution in [0.5, 0.6) is 0 Å². The van der Waals surface area contributed by atoms with Crippen molar-refractivity contribution < 1.29 is 19.2 Å². The van der Waals surface area contributed by atoms with Crippen LogP contribution in [0.3, 0.4) is 0 Å². The average Bonchev–Trinajstić information content (AvgIpc) is 2.95. The highest BCUT2D eigenvalue weighted by Gasteiger charge is 2.30. The number of nitrogens with one attached hydrogen (secondary N) is 2. The van der Waals surface area contributed by atoms with E-state index in [2.05, 4.69) is 10.6 Å². The summed E-state index contributed by atoms with van der Waals surface area (Å²) in [5.41, 5.74) is 1.92. The van der Waals surface area contributed by atoms with Crippen molar-refractivity contribution in [3.8, 4) is 0 Å². The SMILES string of the molecule is CC(=O)Nc1ccc(NC(=O)c2cccc(N3C(=O)CCC3=O)c2)cc1. The Balaban J connectivity index is 1.74. The van der Waals surface area contributed by atoms with Gasteiger partial charge in [0.1, 0.15) is 0 Å². The minimum Gasteiger partial charge on any atom is -0.326 e. The maximum absolute atomic E-state index is 12.4. The van der Waals surface area contributed by atoms with Crippen molar-refractivity contribution in [2.45, 2.75) is 19.8 Å². The third-order valence-corrected chi connectivity index (χ3v) is 3.88. The third-order valence-electron chi connectivity index (χ3n) is 3.88. The number of amides is 4. The van der Waals surface area contributed by atoms with E-state index in [4.69, 9.17) is 0 Å². The second-order valence-electron chi connectivity index (χ2n) is 5.89. The lowest BCUT2D eigenvalue weighted by Crippen LogP contribution is -2.28. The van der Waals surface area contributed by atoms with Crippen LogP contribution < -0.4 is 15.5 Å². The normalized spacial score (nSPS) is 13.7. The molecule has 0 saturated carbocycles. The molecular weight excluding hydrogens is 334 g/mol. The van der Waals surface area contributed by atoms with Crippen LogP contribution in [0, 0.1) is 0 Å². The lowest BCUT2D eigenvalue weighted by atomic mass is 10.1. The number of rotatable bonds is 4. The number of imide groups is 1. The summed E-state index contributed by atoms with van der Waals surface area (Å²) in [7, 11) is 0. The van der Waals surface area contributed by atoms with E-state index in [0.29, 0.717) is 22.6 Å². The Hall–Kier alpha value is -3.48. The molecule has 2 aromatic carbocycles. The van der Waals surface area contributed by atoms with E-state index < -0.39 is 0 Å². The molecule has 0 aliphatic carbocycles. The van der Waals surface area contributed by atoms with Crippen LogP contribution in [-0.4, -0.2) is 23.6 Å². The zero-order valence-electron chi connectivity index (χ0n) is 14.1. The molecule has 1 fully saturated rings. The molecule has 4 amide bonds. The number of hydrogen-bond acceptors (Lipinski definition) is 4. The van der Waals surface area contributed by atoms with Crippen LogP contribution in [0.4, 0.5) is 17.1 Å². The van der Waals surface area contributed by atoms with Crippen LogP contribution in [0.15, 0.2) is 48.5 Å². The summed E-state index contributed by atoms with van der Waals surface area (Å²) >= 11 is 0. The molecule has 26 heavy (non-hydrogen) atoms. The van der Waals surface area contributed by atoms with Crippen molar-refractivity contribution in [1.82, 2.24) is 0 Å². The molecule has 3 rings (SSSR count). The molecule has 1 aliphatic heterocycles. The Kier molecular flexibility index (Phi) is 4.79. The van der Waals surface area contributed by atoms with Gasteiger partial charge in [-0.3, -0.25) is 24.1 Å². The molecule has 0 bridgehead atoms. The van der Waals surface area contributed by atoms with Gasteiger partial charge in [0.15, 0.2) is 0 Å². The summed E-state index contributed by atoms with van der Waals surface area (Å²) in [5.74, 6) is -1.06. The van der Waals surface area contributed by atoms with Crippen LogP contribution in [0.25, 0.3) is 0 Å². The zero-order chi connectivity index (χ0) is 18.7. The number of hydrogen-bond donors (Lipinski definition) is 2. The highest BCUT2D eigenvalue weighted by molar-refractivity contribution is 6.20. The Morgan fingerprint density at radius 2 is 1.46 bits per heavy atom. The summed E-state index contributed by atoms with van der Waals surface area (Å²) in [5, 5.41) is 5.38. The van der Waals surface area contributed by atoms with Gasteiger partial charge in [0.05, 0.1) is 5.69 Å². The van der Waals surface area contributed by atoms with Crippen molar-refractivity contribution >= 4 is 40.7 Å². The molecule has 1 aliphatic rings. The number of carbonyl (C=O) groups is 4. The lowest BCUT2D eigenvalue weighted by Gasteiger charge is -2.15. The van der Waals surface area contributed by atoms with Gasteiger partial charge in [-0.1, -0.05) is 6.07 Å². The fourth-order valence-corrected chi connectivity index (χ4v) is 2.69. The topological polar surface area (TPSA) is 95.6 Å². The summed E-state index contributed by atoms with van der Waals surface area (Å²) in [6, 6.07) is 13.1. The van der Waals surface area contributed by atoms with Crippen molar-refractivity contribution in [3.05, 3.63) is 54.1 Å². The smallest absolute Gasteiger partial charge is 0.255 e. The van der Waals surface area contributed by atoms with Gasteiger partial charge < -0.3 is 10.6 Å². The van der Waals surface area contributed by atoms with Crippen molar-refractivity contribution in [3.63, 3.8) is 0 Å². The quantitative estimate of drug-likeness (QED) is 0.828. The lowest BCUT2D eigenvalue weighted by molar-refractivity contribution is -0.121. The molecule has 7 heteroatoms. The van der Waals surface area contributed by atoms with Gasteiger partial charge in [-0.2, -0.15) is 0 Å². The molecule has 7 nitrogen and oxygen atoms in total. The minimum atomic E-state index is -0.363. The van der Waals surface area contributed by atoms with E-state index in [9.17, 15) is 19.2 Å². The second kappa shape index (κ2) is 7.18. The molecule has 0 radical (unpaired) electrons. The van der Waals surface area contributed by atoms with E-state index in [-0.39, 0.29) is 36.5 Å². The molecule has 0 atom stereocenters. The van der Waals surface area contributed by atoms with Crippen LogP contribution in [0.2, 0.25) is 0 Å². The Labute approximate surface area is 150 Å². The maximum atomic E-state index is 12.4. The monoisotopic (exact) mass is 351 g/mol. The van der Waals surface area contributed by atoms with Crippen LogP contribution in [0.1, 0.15) is 30.1 Å². The predicted molar refractivity (Wildman–Crippen MR) is 96.9 cm³/mol. The molecule has 0 aromatic heterocycles. The molecule has 1 saturated heterocycles. The van der Waals surface area contributed by atoms with E-state index in [0.717, 1.165) is 4.90 Å². The summed E-state index contributed by atoms with van der Waals surface area (Å²) in [6.07, 6.45) is 0.381. The zero-order valence-corrected chi connectivity index (χ0v) is 14.1. The first-order chi connectivity index (χ1) is 12.4. The van der Waals surface area contributed by atoms with Crippen LogP contribution in [-0.2, 0) is 14.4 Å². The number of nitrogens with zero attached hydrogens (tertiary/aromatic N) is 1. The van der Waals surface area contributed by atoms with Crippen molar-refractivity contribution in [2.75, 3.05) is 15.5 Å². The van der Waals surface area contributed by atoms with Crippen LogP contribution >= 0.6 is 0 Å². The highest BCUT2D eigenvalue weighted by Crippen LogP contribution is 2.24. The van der Waals surface area contributed by atoms with Crippen molar-refractivity contribution in [1.29, 1.82) is 0 Å². The van der Waals surface area contributed by atoms with Gasteiger partial charge in [0, 0.05) is 36.7 Å². The summed E-state index contributed by atoms with van der Waals surface area (Å²) in [6.45, 7) is 1.42. The first-order valence-electron chi connectivity index (χ1n) is 8.09. The van der Waals surface area contributed by atoms with Gasteiger partial charge in [0.25, 0.3) is 5.91 Å². The molecular formula is C19H17N3O4. The van der Waals surface area contributed by atoms with E-state index in [1.165, 1.54) is 13.0 Å². The van der Waals surface area contributed by atoms with Gasteiger partial charge >= 0.3 is 0 Å². The molecule has 2 N–H and O–H groups in total. The Morgan fingerprint density at radius 3 is 2.04 bits per heavy atom. The van der Waals surface area contributed by atoms with Gasteiger partial charge in [-0.05, 0) is 42.5 Å². The predicted octanol–water partition coefficient (Wildman–Crippen LogP) is 2.55. The standard InChI is InChI=1S/C19H17N3O4/c1-12(23)20-14-5-7-15(8-6-14)21-19(26)13-3-2-4-16(11-13)22-17(24)9-10-18(22)25/h2-8,11H,9-10H2,1H3,(H,20,23)(H,21,26). The Bertz CT molecular complexity index is 874. The first-order valence-corrected chi connectivity index (χ1v) is 8.09. The highest BCUT2D eigenvalue weighted by atomic mass is 16.2. The van der Waals surface area contributed by atoms with Gasteiger partial charge in [0.2, 0.25) is 17.7 Å². The molecule has 1 heterocycles. The van der Waals surface area contributed by atoms with Gasteiger partial charge in [-0.15, -0.1) is 0 Å². The van der Waals surface area contributed by atoms with E-state index >= 15 is 0 Å². The van der Waals surface area contributed by atoms with E-state index in [1.807, 2.05) is 0 Å². The first kappa shape index (κ1) is 17.3. The third kappa shape index (κ3) is 3.77. The molecule has 0 unspecified atom stereocenters. The number of benzene rings is 2. The minimum absolute atomic E-state index is 0.176. The second-order valence-corrected chi connectivity index (χ2v) is 5.89.